The molecule has 2 aromatic carbocycles. The number of benzene rings is 2. The maximum atomic E-state index is 13.5. The molecule has 100 valence electrons. The Morgan fingerprint density at radius 2 is 1.74 bits per heavy atom. The lowest BCUT2D eigenvalue weighted by atomic mass is 9.96. The number of hydrogen-bond donors (Lipinski definition) is 2. The highest BCUT2D eigenvalue weighted by Crippen LogP contribution is 2.23. The van der Waals surface area contributed by atoms with E-state index in [9.17, 15) is 13.9 Å². The molecule has 2 rings (SSSR count). The second kappa shape index (κ2) is 5.36. The second-order valence-corrected chi connectivity index (χ2v) is 4.59. The summed E-state index contributed by atoms with van der Waals surface area (Å²) in [4.78, 5) is 0. The van der Waals surface area contributed by atoms with E-state index in [1.807, 2.05) is 18.2 Å². The Kier molecular flexibility index (Phi) is 3.81. The molecule has 0 aromatic heterocycles. The van der Waals surface area contributed by atoms with Gasteiger partial charge in [-0.05, 0) is 24.6 Å². The molecular weight excluding hydrogens is 248 g/mol. The zero-order valence-electron chi connectivity index (χ0n) is 10.5. The molecule has 0 fully saturated rings. The molecule has 1 unspecified atom stereocenters. The van der Waals surface area contributed by atoms with E-state index in [1.165, 1.54) is 12.1 Å². The van der Waals surface area contributed by atoms with Crippen molar-refractivity contribution < 1.29 is 13.9 Å². The highest BCUT2D eigenvalue weighted by atomic mass is 19.2. The fourth-order valence-electron chi connectivity index (χ4n) is 1.81. The average molecular weight is 263 g/mol. The van der Waals surface area contributed by atoms with Crippen LogP contribution in [-0.2, 0) is 5.60 Å². The van der Waals surface area contributed by atoms with Crippen molar-refractivity contribution in [1.29, 1.82) is 0 Å². The summed E-state index contributed by atoms with van der Waals surface area (Å²) < 4.78 is 26.5. The van der Waals surface area contributed by atoms with Gasteiger partial charge < -0.3 is 10.4 Å². The first kappa shape index (κ1) is 13.5. The largest absolute Gasteiger partial charge is 0.384 e. The molecule has 2 N–H and O–H groups in total. The molecule has 0 heterocycles. The Balaban J connectivity index is 2.12. The van der Waals surface area contributed by atoms with Crippen LogP contribution in [0.2, 0.25) is 0 Å². The number of rotatable bonds is 4. The van der Waals surface area contributed by atoms with Crippen molar-refractivity contribution in [3.05, 3.63) is 65.7 Å². The second-order valence-electron chi connectivity index (χ2n) is 4.59. The van der Waals surface area contributed by atoms with Gasteiger partial charge in [0.15, 0.2) is 11.6 Å². The molecule has 0 radical (unpaired) electrons. The number of aliphatic hydroxyl groups is 1. The van der Waals surface area contributed by atoms with Crippen LogP contribution in [-0.4, -0.2) is 11.7 Å². The zero-order chi connectivity index (χ0) is 13.9. The molecule has 0 aliphatic heterocycles. The first-order chi connectivity index (χ1) is 9.00. The van der Waals surface area contributed by atoms with E-state index in [4.69, 9.17) is 0 Å². The first-order valence-corrected chi connectivity index (χ1v) is 5.96. The van der Waals surface area contributed by atoms with Crippen molar-refractivity contribution in [2.75, 3.05) is 11.9 Å². The molecule has 0 amide bonds. The van der Waals surface area contributed by atoms with Gasteiger partial charge in [0, 0.05) is 6.54 Å². The quantitative estimate of drug-likeness (QED) is 0.887. The summed E-state index contributed by atoms with van der Waals surface area (Å²) in [5, 5.41) is 13.1. The Hall–Kier alpha value is -1.94. The van der Waals surface area contributed by atoms with Crippen LogP contribution in [0, 0.1) is 11.6 Å². The van der Waals surface area contributed by atoms with Gasteiger partial charge in [-0.3, -0.25) is 0 Å². The summed E-state index contributed by atoms with van der Waals surface area (Å²) in [5.74, 6) is -1.85. The Labute approximate surface area is 110 Å². The van der Waals surface area contributed by atoms with Crippen molar-refractivity contribution in [2.24, 2.45) is 0 Å². The molecule has 0 saturated carbocycles. The van der Waals surface area contributed by atoms with Crippen molar-refractivity contribution >= 4 is 5.69 Å². The van der Waals surface area contributed by atoms with Crippen LogP contribution in [0.15, 0.2) is 48.5 Å². The van der Waals surface area contributed by atoms with Gasteiger partial charge in [-0.1, -0.05) is 36.4 Å². The Bertz CT molecular complexity index is 555. The number of hydrogen-bond acceptors (Lipinski definition) is 2. The first-order valence-electron chi connectivity index (χ1n) is 5.96. The summed E-state index contributed by atoms with van der Waals surface area (Å²) in [6.07, 6.45) is 0. The van der Waals surface area contributed by atoms with Crippen molar-refractivity contribution in [3.8, 4) is 0 Å². The third kappa shape index (κ3) is 3.09. The smallest absolute Gasteiger partial charge is 0.181 e. The maximum Gasteiger partial charge on any atom is 0.181 e. The minimum atomic E-state index is -1.17. The highest BCUT2D eigenvalue weighted by molar-refractivity contribution is 5.45. The minimum absolute atomic E-state index is 0.0382. The molecule has 0 saturated heterocycles. The third-order valence-electron chi connectivity index (χ3n) is 2.97. The highest BCUT2D eigenvalue weighted by Gasteiger charge is 2.23. The topological polar surface area (TPSA) is 32.3 Å². The van der Waals surface area contributed by atoms with E-state index in [1.54, 1.807) is 19.1 Å². The van der Waals surface area contributed by atoms with Gasteiger partial charge >= 0.3 is 0 Å². The fraction of sp³-hybridized carbons (Fsp3) is 0.200. The van der Waals surface area contributed by atoms with Gasteiger partial charge in [0.1, 0.15) is 5.60 Å². The molecule has 0 aliphatic rings. The monoisotopic (exact) mass is 263 g/mol. The molecular formula is C15H15F2NO. The fourth-order valence-corrected chi connectivity index (χ4v) is 1.81. The van der Waals surface area contributed by atoms with Crippen molar-refractivity contribution in [2.45, 2.75) is 12.5 Å². The summed E-state index contributed by atoms with van der Waals surface area (Å²) in [5.41, 5.74) is -0.421. The normalized spacial score (nSPS) is 13.9. The predicted molar refractivity (Wildman–Crippen MR) is 70.9 cm³/mol. The van der Waals surface area contributed by atoms with E-state index < -0.39 is 17.2 Å². The van der Waals surface area contributed by atoms with Crippen molar-refractivity contribution in [3.63, 3.8) is 0 Å². The van der Waals surface area contributed by atoms with Gasteiger partial charge in [0.25, 0.3) is 0 Å². The summed E-state index contributed by atoms with van der Waals surface area (Å²) in [7, 11) is 0. The third-order valence-corrected chi connectivity index (χ3v) is 2.97. The van der Waals surface area contributed by atoms with Gasteiger partial charge in [-0.25, -0.2) is 8.78 Å². The molecule has 0 spiro atoms. The van der Waals surface area contributed by atoms with Crippen LogP contribution in [0.3, 0.4) is 0 Å². The lowest BCUT2D eigenvalue weighted by Crippen LogP contribution is -2.30. The molecule has 19 heavy (non-hydrogen) atoms. The number of halogens is 2. The van der Waals surface area contributed by atoms with Crippen LogP contribution in [0.4, 0.5) is 14.5 Å². The lowest BCUT2D eigenvalue weighted by Gasteiger charge is -2.25. The van der Waals surface area contributed by atoms with Gasteiger partial charge in [0.2, 0.25) is 0 Å². The van der Waals surface area contributed by atoms with E-state index in [0.29, 0.717) is 5.56 Å². The average Bonchev–Trinajstić information content (AvgIpc) is 2.41. The van der Waals surface area contributed by atoms with Crippen LogP contribution < -0.4 is 5.32 Å². The molecule has 0 bridgehead atoms. The molecule has 2 aromatic rings. The van der Waals surface area contributed by atoms with Gasteiger partial charge in [0.05, 0.1) is 5.69 Å². The standard InChI is InChI=1S/C15H15F2NO/c1-15(19,11-6-3-2-4-7-11)10-18-13-9-5-8-12(16)14(13)17/h2-9,18-19H,10H2,1H3. The van der Waals surface area contributed by atoms with Crippen LogP contribution >= 0.6 is 0 Å². The summed E-state index contributed by atoms with van der Waals surface area (Å²) in [6, 6.07) is 12.9. The number of anilines is 1. The van der Waals surface area contributed by atoms with E-state index in [-0.39, 0.29) is 12.2 Å². The van der Waals surface area contributed by atoms with E-state index in [0.717, 1.165) is 6.07 Å². The predicted octanol–water partition coefficient (Wildman–Crippen LogP) is 3.28. The van der Waals surface area contributed by atoms with Gasteiger partial charge in [-0.2, -0.15) is 0 Å². The van der Waals surface area contributed by atoms with Crippen LogP contribution in [0.1, 0.15) is 12.5 Å². The van der Waals surface area contributed by atoms with Crippen LogP contribution in [0.25, 0.3) is 0 Å². The molecule has 2 nitrogen and oxygen atoms in total. The maximum absolute atomic E-state index is 13.5. The Morgan fingerprint density at radius 3 is 2.42 bits per heavy atom. The summed E-state index contributed by atoms with van der Waals surface area (Å²) in [6.45, 7) is 1.70. The van der Waals surface area contributed by atoms with E-state index in [2.05, 4.69) is 5.32 Å². The zero-order valence-corrected chi connectivity index (χ0v) is 10.5. The Morgan fingerprint density at radius 1 is 1.05 bits per heavy atom. The summed E-state index contributed by atoms with van der Waals surface area (Å²) >= 11 is 0. The van der Waals surface area contributed by atoms with Gasteiger partial charge in [-0.15, -0.1) is 0 Å². The van der Waals surface area contributed by atoms with Crippen molar-refractivity contribution in [1.82, 2.24) is 0 Å². The molecule has 0 aliphatic carbocycles. The van der Waals surface area contributed by atoms with Crippen LogP contribution in [0.5, 0.6) is 0 Å². The SMILES string of the molecule is CC(O)(CNc1cccc(F)c1F)c1ccccc1. The lowest BCUT2D eigenvalue weighted by molar-refractivity contribution is 0.0714. The molecule has 1 atom stereocenters. The minimum Gasteiger partial charge on any atom is -0.384 e. The molecule has 4 heteroatoms. The van der Waals surface area contributed by atoms with E-state index >= 15 is 0 Å². The number of nitrogens with one attached hydrogen (secondary N) is 1.